The fraction of sp³-hybridized carbons (Fsp3) is 0.571. The first-order chi connectivity index (χ1) is 11.8. The van der Waals surface area contributed by atoms with E-state index in [1.165, 1.54) is 5.57 Å². The predicted molar refractivity (Wildman–Crippen MR) is 99.8 cm³/mol. The highest BCUT2D eigenvalue weighted by molar-refractivity contribution is 5.94. The molecule has 0 aromatic heterocycles. The van der Waals surface area contributed by atoms with Gasteiger partial charge in [-0.3, -0.25) is 0 Å². The molecule has 138 valence electrons. The van der Waals surface area contributed by atoms with E-state index in [9.17, 15) is 15.0 Å². The minimum Gasteiger partial charge on any atom is -0.507 e. The number of aromatic carboxylic acids is 1. The highest BCUT2D eigenvalue weighted by atomic mass is 16.5. The first-order valence-corrected chi connectivity index (χ1v) is 9.29. The van der Waals surface area contributed by atoms with Crippen LogP contribution in [0.2, 0.25) is 0 Å². The van der Waals surface area contributed by atoms with E-state index in [1.54, 1.807) is 0 Å². The number of ether oxygens (including phenoxy) is 1. The van der Waals surface area contributed by atoms with Gasteiger partial charge in [-0.15, -0.1) is 0 Å². The molecule has 0 radical (unpaired) electrons. The van der Waals surface area contributed by atoms with Crippen molar-refractivity contribution in [3.8, 4) is 11.5 Å². The molecule has 0 amide bonds. The third kappa shape index (κ3) is 4.56. The van der Waals surface area contributed by atoms with Crippen molar-refractivity contribution in [1.82, 2.24) is 0 Å². The van der Waals surface area contributed by atoms with E-state index >= 15 is 0 Å². The number of rotatable bonds is 7. The number of hydrogen-bond donors (Lipinski definition) is 2. The van der Waals surface area contributed by atoms with Gasteiger partial charge in [0.1, 0.15) is 17.1 Å². The first-order valence-electron chi connectivity index (χ1n) is 9.29. The van der Waals surface area contributed by atoms with Gasteiger partial charge in [0.2, 0.25) is 0 Å². The summed E-state index contributed by atoms with van der Waals surface area (Å²) in [6, 6.07) is 1.85. The molecule has 0 aliphatic heterocycles. The van der Waals surface area contributed by atoms with E-state index in [2.05, 4.69) is 19.9 Å². The molecule has 0 fully saturated rings. The molecule has 25 heavy (non-hydrogen) atoms. The molecule has 1 aromatic rings. The summed E-state index contributed by atoms with van der Waals surface area (Å²) in [5.74, 6) is -0.430. The van der Waals surface area contributed by atoms with Crippen LogP contribution in [-0.2, 0) is 6.42 Å². The molecule has 0 heterocycles. The number of carboxylic acid groups (broad SMARTS) is 1. The minimum absolute atomic E-state index is 0.0342. The standard InChI is InChI=1S/C21H30O4/c1-5-6-9-16-12-17(25-13(2)3)18(20(22)19(16)21(23)24)15-10-7-8-14(4)11-15/h8,12-13,15,22H,5-7,9-11H2,1-4H3,(H,23,24). The number of aromatic hydroxyl groups is 1. The Morgan fingerprint density at radius 2 is 2.12 bits per heavy atom. The second-order valence-electron chi connectivity index (χ2n) is 7.28. The molecule has 0 spiro atoms. The number of carbonyl (C=O) groups is 1. The largest absolute Gasteiger partial charge is 0.507 e. The second-order valence-corrected chi connectivity index (χ2v) is 7.28. The van der Waals surface area contributed by atoms with Gasteiger partial charge in [0.15, 0.2) is 0 Å². The summed E-state index contributed by atoms with van der Waals surface area (Å²) >= 11 is 0. The van der Waals surface area contributed by atoms with Crippen LogP contribution in [0.4, 0.5) is 0 Å². The van der Waals surface area contributed by atoms with Gasteiger partial charge in [-0.25, -0.2) is 4.79 Å². The number of aryl methyl sites for hydroxylation is 1. The average molecular weight is 346 g/mol. The Kier molecular flexibility index (Phi) is 6.51. The molecule has 2 N–H and O–H groups in total. The maximum absolute atomic E-state index is 11.8. The third-order valence-electron chi connectivity index (χ3n) is 4.74. The molecule has 0 saturated heterocycles. The summed E-state index contributed by atoms with van der Waals surface area (Å²) in [4.78, 5) is 11.8. The van der Waals surface area contributed by atoms with Crippen LogP contribution in [0.25, 0.3) is 0 Å². The van der Waals surface area contributed by atoms with Crippen LogP contribution in [0.5, 0.6) is 11.5 Å². The molecular weight excluding hydrogens is 316 g/mol. The lowest BCUT2D eigenvalue weighted by molar-refractivity contribution is 0.0692. The van der Waals surface area contributed by atoms with E-state index in [4.69, 9.17) is 4.74 Å². The number of carboxylic acids is 1. The Hall–Kier alpha value is -1.97. The van der Waals surface area contributed by atoms with Crippen LogP contribution in [0.3, 0.4) is 0 Å². The number of unbranched alkanes of at least 4 members (excludes halogenated alkanes) is 1. The van der Waals surface area contributed by atoms with E-state index < -0.39 is 5.97 Å². The molecule has 1 unspecified atom stereocenters. The van der Waals surface area contributed by atoms with Crippen molar-refractivity contribution in [2.24, 2.45) is 0 Å². The van der Waals surface area contributed by atoms with Gasteiger partial charge < -0.3 is 14.9 Å². The summed E-state index contributed by atoms with van der Waals surface area (Å²) in [7, 11) is 0. The van der Waals surface area contributed by atoms with Crippen molar-refractivity contribution >= 4 is 5.97 Å². The predicted octanol–water partition coefficient (Wildman–Crippen LogP) is 5.43. The van der Waals surface area contributed by atoms with Crippen molar-refractivity contribution in [3.63, 3.8) is 0 Å². The fourth-order valence-corrected chi connectivity index (χ4v) is 3.61. The zero-order chi connectivity index (χ0) is 18.6. The monoisotopic (exact) mass is 346 g/mol. The summed E-state index contributed by atoms with van der Waals surface area (Å²) < 4.78 is 6.00. The molecular formula is C21H30O4. The van der Waals surface area contributed by atoms with Crippen LogP contribution >= 0.6 is 0 Å². The second kappa shape index (κ2) is 8.41. The van der Waals surface area contributed by atoms with Crippen LogP contribution in [0.1, 0.15) is 87.2 Å². The van der Waals surface area contributed by atoms with Crippen molar-refractivity contribution in [2.45, 2.75) is 78.2 Å². The molecule has 2 rings (SSSR count). The smallest absolute Gasteiger partial charge is 0.339 e. The zero-order valence-electron chi connectivity index (χ0n) is 15.8. The Morgan fingerprint density at radius 1 is 1.40 bits per heavy atom. The first kappa shape index (κ1) is 19.4. The van der Waals surface area contributed by atoms with Gasteiger partial charge in [-0.05, 0) is 70.4 Å². The Balaban J connectivity index is 2.59. The van der Waals surface area contributed by atoms with Crippen LogP contribution in [0, 0.1) is 0 Å². The minimum atomic E-state index is -1.07. The molecule has 1 atom stereocenters. The Bertz CT molecular complexity index is 658. The van der Waals surface area contributed by atoms with Crippen molar-refractivity contribution in [2.75, 3.05) is 0 Å². The Labute approximate surface area is 150 Å². The fourth-order valence-electron chi connectivity index (χ4n) is 3.61. The van der Waals surface area contributed by atoms with Gasteiger partial charge in [-0.1, -0.05) is 25.0 Å². The van der Waals surface area contributed by atoms with Crippen molar-refractivity contribution in [1.29, 1.82) is 0 Å². The molecule has 4 heteroatoms. The molecule has 1 aromatic carbocycles. The van der Waals surface area contributed by atoms with E-state index in [0.717, 1.165) is 32.1 Å². The highest BCUT2D eigenvalue weighted by Crippen LogP contribution is 2.45. The Morgan fingerprint density at radius 3 is 2.68 bits per heavy atom. The van der Waals surface area contributed by atoms with E-state index in [-0.39, 0.29) is 23.3 Å². The number of phenols is 1. The van der Waals surface area contributed by atoms with Crippen LogP contribution in [-0.4, -0.2) is 22.3 Å². The van der Waals surface area contributed by atoms with E-state index in [1.807, 2.05) is 19.9 Å². The number of hydrogen-bond acceptors (Lipinski definition) is 3. The highest BCUT2D eigenvalue weighted by Gasteiger charge is 2.29. The average Bonchev–Trinajstić information content (AvgIpc) is 2.51. The summed E-state index contributed by atoms with van der Waals surface area (Å²) in [6.45, 7) is 8.05. The van der Waals surface area contributed by atoms with Gasteiger partial charge in [0.05, 0.1) is 6.10 Å². The van der Waals surface area contributed by atoms with Crippen LogP contribution in [0.15, 0.2) is 17.7 Å². The SMILES string of the molecule is CCCCc1cc(OC(C)C)c(C2CCC=C(C)C2)c(O)c1C(=O)O. The molecule has 0 saturated carbocycles. The van der Waals surface area contributed by atoms with Crippen LogP contribution < -0.4 is 4.74 Å². The van der Waals surface area contributed by atoms with Crippen molar-refractivity contribution < 1.29 is 19.7 Å². The maximum atomic E-state index is 11.8. The van der Waals surface area contributed by atoms with Gasteiger partial charge in [0.25, 0.3) is 0 Å². The molecule has 4 nitrogen and oxygen atoms in total. The quantitative estimate of drug-likeness (QED) is 0.646. The topological polar surface area (TPSA) is 66.8 Å². The normalized spacial score (nSPS) is 17.5. The third-order valence-corrected chi connectivity index (χ3v) is 4.74. The number of benzene rings is 1. The lowest BCUT2D eigenvalue weighted by Crippen LogP contribution is -2.14. The van der Waals surface area contributed by atoms with Gasteiger partial charge in [0, 0.05) is 5.56 Å². The summed E-state index contributed by atoms with van der Waals surface area (Å²) in [5, 5.41) is 20.6. The summed E-state index contributed by atoms with van der Waals surface area (Å²) in [6.07, 6.45) is 7.32. The molecule has 1 aliphatic carbocycles. The van der Waals surface area contributed by atoms with Gasteiger partial charge >= 0.3 is 5.97 Å². The maximum Gasteiger partial charge on any atom is 0.339 e. The van der Waals surface area contributed by atoms with Crippen molar-refractivity contribution in [3.05, 3.63) is 34.4 Å². The summed E-state index contributed by atoms with van der Waals surface area (Å²) in [5.41, 5.74) is 2.65. The zero-order valence-corrected chi connectivity index (χ0v) is 15.8. The lowest BCUT2D eigenvalue weighted by atomic mass is 9.81. The lowest BCUT2D eigenvalue weighted by Gasteiger charge is -2.27. The molecule has 1 aliphatic rings. The molecule has 0 bridgehead atoms. The van der Waals surface area contributed by atoms with Gasteiger partial charge in [-0.2, -0.15) is 0 Å². The van der Waals surface area contributed by atoms with E-state index in [0.29, 0.717) is 23.3 Å². The number of allylic oxidation sites excluding steroid dienone is 2.